The van der Waals surface area contributed by atoms with Crippen LogP contribution in [-0.2, 0) is 32.7 Å². The summed E-state index contributed by atoms with van der Waals surface area (Å²) in [6, 6.07) is 0. The summed E-state index contributed by atoms with van der Waals surface area (Å²) in [5.41, 5.74) is 0. The number of allylic oxidation sites excluding steroid dienone is 10. The molecule has 0 saturated carbocycles. The minimum atomic E-state index is -4.64. The maximum absolute atomic E-state index is 12.7. The molecule has 0 amide bonds. The lowest BCUT2D eigenvalue weighted by Crippen LogP contribution is -2.29. The Morgan fingerprint density at radius 3 is 1.37 bits per heavy atom. The van der Waals surface area contributed by atoms with Crippen molar-refractivity contribution in [2.24, 2.45) is 0 Å². The third-order valence-electron chi connectivity index (χ3n) is 10.6. The maximum atomic E-state index is 12.7. The zero-order valence-electron chi connectivity index (χ0n) is 40.0. The van der Waals surface area contributed by atoms with Crippen molar-refractivity contribution in [1.29, 1.82) is 0 Å². The zero-order chi connectivity index (χ0) is 46.2. The van der Waals surface area contributed by atoms with Gasteiger partial charge in [-0.25, -0.2) is 4.57 Å². The second kappa shape index (κ2) is 47.6. The van der Waals surface area contributed by atoms with Crippen LogP contribution in [-0.4, -0.2) is 65.7 Å². The summed E-state index contributed by atoms with van der Waals surface area (Å²) in [6.45, 7) is 2.27. The van der Waals surface area contributed by atoms with Crippen molar-refractivity contribution in [2.45, 2.75) is 232 Å². The minimum Gasteiger partial charge on any atom is -0.462 e. The molecule has 0 bridgehead atoms. The lowest BCUT2D eigenvalue weighted by molar-refractivity contribution is -0.161. The Labute approximate surface area is 385 Å². The number of hydrogen-bond donors (Lipinski definition) is 3. The first kappa shape index (κ1) is 60.7. The highest BCUT2D eigenvalue weighted by molar-refractivity contribution is 7.47. The number of rotatable bonds is 47. The smallest absolute Gasteiger partial charge is 0.462 e. The van der Waals surface area contributed by atoms with E-state index in [0.29, 0.717) is 12.8 Å². The van der Waals surface area contributed by atoms with Gasteiger partial charge in [0, 0.05) is 12.8 Å². The van der Waals surface area contributed by atoms with E-state index in [-0.39, 0.29) is 19.4 Å². The summed E-state index contributed by atoms with van der Waals surface area (Å²) in [7, 11) is -4.64. The SMILES string of the molecule is CCC/C=C/C/C=C/C/C=C/C/C=C/CCCCCC(=O)OC[C@H](COP(=O)(O)OC[C@@H](O)CO)OC(=O)CCC/C=C/CCCCCCCCCCCCCCCCCCCC. The van der Waals surface area contributed by atoms with Crippen LogP contribution in [0.15, 0.2) is 60.8 Å². The number of ether oxygens (including phenoxy) is 2. The zero-order valence-corrected chi connectivity index (χ0v) is 40.9. The Bertz CT molecular complexity index is 1230. The van der Waals surface area contributed by atoms with Crippen LogP contribution in [0.3, 0.4) is 0 Å². The van der Waals surface area contributed by atoms with Crippen LogP contribution in [0, 0.1) is 0 Å². The molecule has 0 aliphatic carbocycles. The largest absolute Gasteiger partial charge is 0.472 e. The summed E-state index contributed by atoms with van der Waals surface area (Å²) < 4.78 is 32.8. The Kier molecular flexibility index (Phi) is 45.9. The van der Waals surface area contributed by atoms with E-state index in [1.807, 2.05) is 0 Å². The standard InChI is InChI=1S/C52H93O10P/c1-3-5-7-9-11-13-15-17-19-21-22-23-24-25-26-28-30-32-34-36-38-40-42-44-52(56)62-50(48-61-63(57,58)60-46-49(54)45-53)47-59-51(55)43-41-39-37-35-33-31-29-27-20-18-16-14-12-10-8-6-4-2/h8,10,14,16,20,27,31,33,36,38,49-50,53-54H,3-7,9,11-13,15,17-19,21-26,28-30,32,34-35,37,39-48H2,1-2H3,(H,57,58)/b10-8+,16-14+,27-20+,33-31+,38-36+/t49-,50+/m0/s1. The van der Waals surface area contributed by atoms with E-state index in [4.69, 9.17) is 23.6 Å². The Balaban J connectivity index is 4.25. The monoisotopic (exact) mass is 909 g/mol. The van der Waals surface area contributed by atoms with Crippen molar-refractivity contribution >= 4 is 19.8 Å². The molecule has 63 heavy (non-hydrogen) atoms. The van der Waals surface area contributed by atoms with Gasteiger partial charge in [0.05, 0.1) is 19.8 Å². The fourth-order valence-electron chi connectivity index (χ4n) is 6.75. The maximum Gasteiger partial charge on any atom is 0.472 e. The van der Waals surface area contributed by atoms with Crippen LogP contribution in [0.2, 0.25) is 0 Å². The van der Waals surface area contributed by atoms with Crippen molar-refractivity contribution in [1.82, 2.24) is 0 Å². The van der Waals surface area contributed by atoms with Gasteiger partial charge in [-0.3, -0.25) is 18.6 Å². The average Bonchev–Trinajstić information content (AvgIpc) is 3.27. The third-order valence-corrected chi connectivity index (χ3v) is 11.6. The molecule has 3 N–H and O–H groups in total. The molecule has 0 aliphatic rings. The van der Waals surface area contributed by atoms with Crippen LogP contribution in [0.5, 0.6) is 0 Å². The number of phosphoric acid groups is 1. The normalized spacial score (nSPS) is 14.2. The fraction of sp³-hybridized carbons (Fsp3) is 0.769. The first-order valence-electron chi connectivity index (χ1n) is 25.2. The van der Waals surface area contributed by atoms with E-state index in [1.165, 1.54) is 122 Å². The molecule has 366 valence electrons. The van der Waals surface area contributed by atoms with Gasteiger partial charge in [-0.15, -0.1) is 0 Å². The molecule has 0 aliphatic heterocycles. The second-order valence-electron chi connectivity index (χ2n) is 16.8. The molecule has 0 radical (unpaired) electrons. The van der Waals surface area contributed by atoms with Crippen LogP contribution in [0.1, 0.15) is 219 Å². The van der Waals surface area contributed by atoms with Crippen molar-refractivity contribution in [3.8, 4) is 0 Å². The van der Waals surface area contributed by atoms with E-state index in [9.17, 15) is 24.2 Å². The van der Waals surface area contributed by atoms with E-state index in [1.54, 1.807) is 0 Å². The number of phosphoric ester groups is 1. The summed E-state index contributed by atoms with van der Waals surface area (Å²) in [5.74, 6) is -0.996. The van der Waals surface area contributed by atoms with Crippen molar-refractivity contribution in [3.05, 3.63) is 60.8 Å². The molecule has 10 nitrogen and oxygen atoms in total. The first-order valence-corrected chi connectivity index (χ1v) is 26.7. The second-order valence-corrected chi connectivity index (χ2v) is 18.3. The van der Waals surface area contributed by atoms with Gasteiger partial charge < -0.3 is 24.6 Å². The highest BCUT2D eigenvalue weighted by Crippen LogP contribution is 2.43. The molecular weight excluding hydrogens is 816 g/mol. The summed E-state index contributed by atoms with van der Waals surface area (Å²) in [5, 5.41) is 18.4. The van der Waals surface area contributed by atoms with Gasteiger partial charge in [0.1, 0.15) is 12.7 Å². The molecule has 0 aromatic rings. The predicted molar refractivity (Wildman–Crippen MR) is 260 cm³/mol. The van der Waals surface area contributed by atoms with Gasteiger partial charge >= 0.3 is 19.8 Å². The molecule has 0 saturated heterocycles. The Hall–Kier alpha value is -2.33. The topological polar surface area (TPSA) is 149 Å². The summed E-state index contributed by atoms with van der Waals surface area (Å²) >= 11 is 0. The quantitative estimate of drug-likeness (QED) is 0.0233. The van der Waals surface area contributed by atoms with Crippen LogP contribution >= 0.6 is 7.82 Å². The molecule has 3 atom stereocenters. The molecular formula is C52H93O10P. The van der Waals surface area contributed by atoms with Gasteiger partial charge in [0.15, 0.2) is 6.10 Å². The molecule has 0 fully saturated rings. The average molecular weight is 909 g/mol. The highest BCUT2D eigenvalue weighted by Gasteiger charge is 2.27. The number of aliphatic hydroxyl groups excluding tert-OH is 2. The van der Waals surface area contributed by atoms with Crippen LogP contribution < -0.4 is 0 Å². The lowest BCUT2D eigenvalue weighted by atomic mass is 10.0. The van der Waals surface area contributed by atoms with Crippen molar-refractivity contribution in [3.63, 3.8) is 0 Å². The van der Waals surface area contributed by atoms with E-state index < -0.39 is 51.8 Å². The summed E-state index contributed by atoms with van der Waals surface area (Å²) in [4.78, 5) is 35.1. The number of unbranched alkanes of at least 4 members (excludes halogenated alkanes) is 23. The van der Waals surface area contributed by atoms with Gasteiger partial charge in [-0.2, -0.15) is 0 Å². The molecule has 0 heterocycles. The number of esters is 2. The van der Waals surface area contributed by atoms with E-state index in [0.717, 1.165) is 57.8 Å². The minimum absolute atomic E-state index is 0.128. The number of hydrogen-bond acceptors (Lipinski definition) is 9. The number of aliphatic hydroxyl groups is 2. The third kappa shape index (κ3) is 47.5. The molecule has 0 spiro atoms. The van der Waals surface area contributed by atoms with Crippen molar-refractivity contribution in [2.75, 3.05) is 26.4 Å². The number of carbonyl (C=O) groups excluding carboxylic acids is 2. The van der Waals surface area contributed by atoms with Gasteiger partial charge in [0.25, 0.3) is 0 Å². The summed E-state index contributed by atoms with van der Waals surface area (Å²) in [6.07, 6.45) is 54.9. The molecule has 1 unspecified atom stereocenters. The Morgan fingerprint density at radius 2 is 0.873 bits per heavy atom. The molecule has 0 aromatic carbocycles. The van der Waals surface area contributed by atoms with Crippen LogP contribution in [0.4, 0.5) is 0 Å². The van der Waals surface area contributed by atoms with Crippen molar-refractivity contribution < 1.29 is 47.8 Å². The fourth-order valence-corrected chi connectivity index (χ4v) is 7.54. The molecule has 0 rings (SSSR count). The predicted octanol–water partition coefficient (Wildman–Crippen LogP) is 14.2. The molecule has 0 aromatic heterocycles. The van der Waals surface area contributed by atoms with E-state index >= 15 is 0 Å². The van der Waals surface area contributed by atoms with Crippen LogP contribution in [0.25, 0.3) is 0 Å². The highest BCUT2D eigenvalue weighted by atomic mass is 31.2. The van der Waals surface area contributed by atoms with E-state index in [2.05, 4.69) is 74.6 Å². The number of carbonyl (C=O) groups is 2. The molecule has 11 heteroatoms. The van der Waals surface area contributed by atoms with Gasteiger partial charge in [-0.05, 0) is 70.6 Å². The Morgan fingerprint density at radius 1 is 0.476 bits per heavy atom. The van der Waals surface area contributed by atoms with Gasteiger partial charge in [-0.1, -0.05) is 197 Å². The van der Waals surface area contributed by atoms with Gasteiger partial charge in [0.2, 0.25) is 0 Å². The lowest BCUT2D eigenvalue weighted by Gasteiger charge is -2.20. The first-order chi connectivity index (χ1) is 30.7.